The number of hydrazone groups is 1. The number of nitrogens with one attached hydrogen (secondary N) is 1. The Morgan fingerprint density at radius 3 is 2.96 bits per heavy atom. The summed E-state index contributed by atoms with van der Waals surface area (Å²) in [5.41, 5.74) is 5.76. The number of fused-ring (bicyclic) bond motifs is 1. The summed E-state index contributed by atoms with van der Waals surface area (Å²) in [5.74, 6) is 1.05. The first-order chi connectivity index (χ1) is 12.7. The van der Waals surface area contributed by atoms with Gasteiger partial charge in [-0.15, -0.1) is 0 Å². The Balaban J connectivity index is 1.68. The van der Waals surface area contributed by atoms with Crippen LogP contribution in [0, 0.1) is 5.92 Å². The smallest absolute Gasteiger partial charge is 0.272 e. The molecule has 2 heterocycles. The van der Waals surface area contributed by atoms with Crippen LogP contribution < -0.4 is 5.43 Å². The van der Waals surface area contributed by atoms with Crippen LogP contribution in [0.1, 0.15) is 43.0 Å². The molecule has 0 radical (unpaired) electrons. The van der Waals surface area contributed by atoms with Crippen LogP contribution in [0.2, 0.25) is 0 Å². The van der Waals surface area contributed by atoms with Crippen LogP contribution in [0.5, 0.6) is 0 Å². The van der Waals surface area contributed by atoms with Crippen LogP contribution in [0.15, 0.2) is 58.2 Å². The predicted molar refractivity (Wildman–Crippen MR) is 102 cm³/mol. The number of para-hydroxylation sites is 1. The summed E-state index contributed by atoms with van der Waals surface area (Å²) in [6.45, 7) is 2.22. The molecule has 1 N–H and O–H groups in total. The quantitative estimate of drug-likeness (QED) is 0.693. The normalized spacial score (nSPS) is 19.0. The molecule has 0 unspecified atom stereocenters. The van der Waals surface area contributed by atoms with Gasteiger partial charge >= 0.3 is 0 Å². The summed E-state index contributed by atoms with van der Waals surface area (Å²) in [6, 6.07) is 13.0. The van der Waals surface area contributed by atoms with E-state index in [4.69, 9.17) is 4.42 Å². The number of hydrogen-bond acceptors (Lipinski definition) is 4. The number of pyridine rings is 1. The van der Waals surface area contributed by atoms with Gasteiger partial charge in [0.15, 0.2) is 5.76 Å². The number of benzene rings is 1. The Bertz CT molecular complexity index is 961. The van der Waals surface area contributed by atoms with E-state index in [9.17, 15) is 4.79 Å². The van der Waals surface area contributed by atoms with Crippen molar-refractivity contribution in [1.29, 1.82) is 0 Å². The maximum atomic E-state index is 12.8. The van der Waals surface area contributed by atoms with Gasteiger partial charge in [0.05, 0.1) is 17.3 Å². The summed E-state index contributed by atoms with van der Waals surface area (Å²) < 4.78 is 5.45. The van der Waals surface area contributed by atoms with E-state index < -0.39 is 0 Å². The van der Waals surface area contributed by atoms with Crippen molar-refractivity contribution in [3.63, 3.8) is 0 Å². The van der Waals surface area contributed by atoms with E-state index in [1.807, 2.05) is 36.4 Å². The second-order valence-corrected chi connectivity index (χ2v) is 6.87. The molecule has 4 rings (SSSR count). The monoisotopic (exact) mass is 347 g/mol. The van der Waals surface area contributed by atoms with Gasteiger partial charge in [-0.1, -0.05) is 25.1 Å². The molecule has 132 valence electrons. The highest BCUT2D eigenvalue weighted by molar-refractivity contribution is 6.07. The fraction of sp³-hybridized carbons (Fsp3) is 0.286. The third-order valence-corrected chi connectivity index (χ3v) is 4.80. The maximum absolute atomic E-state index is 12.8. The first-order valence-corrected chi connectivity index (χ1v) is 9.00. The average molecular weight is 347 g/mol. The van der Waals surface area contributed by atoms with E-state index in [1.165, 1.54) is 6.42 Å². The largest absolute Gasteiger partial charge is 0.463 e. The second-order valence-electron chi connectivity index (χ2n) is 6.87. The fourth-order valence-electron chi connectivity index (χ4n) is 3.47. The zero-order chi connectivity index (χ0) is 17.9. The van der Waals surface area contributed by atoms with Gasteiger partial charge in [-0.2, -0.15) is 5.10 Å². The number of furan rings is 1. The molecule has 5 heteroatoms. The number of hydrogen-bond donors (Lipinski definition) is 1. The minimum atomic E-state index is -0.220. The van der Waals surface area contributed by atoms with Crippen molar-refractivity contribution < 1.29 is 9.21 Å². The molecule has 3 aromatic rings. The molecule has 0 bridgehead atoms. The van der Waals surface area contributed by atoms with Crippen LogP contribution in [-0.2, 0) is 0 Å². The molecule has 0 saturated heterocycles. The number of carbonyl (C=O) groups is 1. The van der Waals surface area contributed by atoms with Crippen LogP contribution >= 0.6 is 0 Å². The van der Waals surface area contributed by atoms with Gasteiger partial charge in [-0.05, 0) is 55.9 Å². The van der Waals surface area contributed by atoms with Gasteiger partial charge in [-0.3, -0.25) is 4.79 Å². The topological polar surface area (TPSA) is 67.5 Å². The van der Waals surface area contributed by atoms with E-state index in [0.717, 1.165) is 35.9 Å². The van der Waals surface area contributed by atoms with E-state index >= 15 is 0 Å². The van der Waals surface area contributed by atoms with E-state index in [0.29, 0.717) is 22.9 Å². The summed E-state index contributed by atoms with van der Waals surface area (Å²) in [6.07, 6.45) is 5.88. The van der Waals surface area contributed by atoms with Gasteiger partial charge in [0.2, 0.25) is 0 Å². The van der Waals surface area contributed by atoms with E-state index in [2.05, 4.69) is 22.4 Å². The number of nitrogens with zero attached hydrogens (tertiary/aromatic N) is 2. The van der Waals surface area contributed by atoms with E-state index in [-0.39, 0.29) is 5.91 Å². The summed E-state index contributed by atoms with van der Waals surface area (Å²) in [5, 5.41) is 5.19. The van der Waals surface area contributed by atoms with Crippen molar-refractivity contribution in [2.24, 2.45) is 11.0 Å². The lowest BCUT2D eigenvalue weighted by molar-refractivity contribution is 0.0956. The molecular formula is C21H21N3O2. The first kappa shape index (κ1) is 16.5. The SMILES string of the molecule is C[C@H]1CCC/C(=N\NC(=O)c2cc(-c3ccco3)nc3ccccc23)C1. The highest BCUT2D eigenvalue weighted by atomic mass is 16.3. The van der Waals surface area contributed by atoms with Gasteiger partial charge < -0.3 is 4.42 Å². The highest BCUT2D eigenvalue weighted by Crippen LogP contribution is 2.25. The van der Waals surface area contributed by atoms with Crippen LogP contribution in [0.3, 0.4) is 0 Å². The number of rotatable bonds is 3. The molecule has 1 aromatic carbocycles. The van der Waals surface area contributed by atoms with Crippen molar-refractivity contribution in [1.82, 2.24) is 10.4 Å². The van der Waals surface area contributed by atoms with Gasteiger partial charge in [0, 0.05) is 11.1 Å². The molecule has 2 aromatic heterocycles. The molecule has 0 aliphatic heterocycles. The molecule has 1 amide bonds. The van der Waals surface area contributed by atoms with Gasteiger partial charge in [-0.25, -0.2) is 10.4 Å². The van der Waals surface area contributed by atoms with Crippen LogP contribution in [0.4, 0.5) is 0 Å². The van der Waals surface area contributed by atoms with Crippen molar-refractivity contribution in [2.75, 3.05) is 0 Å². The molecule has 5 nitrogen and oxygen atoms in total. The molecule has 0 spiro atoms. The predicted octanol–water partition coefficient (Wildman–Crippen LogP) is 4.79. The number of carbonyl (C=O) groups excluding carboxylic acids is 1. The Labute approximate surface area is 152 Å². The average Bonchev–Trinajstić information content (AvgIpc) is 3.20. The summed E-state index contributed by atoms with van der Waals surface area (Å²) in [4.78, 5) is 17.4. The Hall–Kier alpha value is -2.95. The van der Waals surface area contributed by atoms with Crippen LogP contribution in [-0.4, -0.2) is 16.6 Å². The minimum absolute atomic E-state index is 0.220. The molecular weight excluding hydrogens is 326 g/mol. The number of amides is 1. The standard InChI is InChI=1S/C21H21N3O2/c1-14-6-4-7-15(12-14)23-24-21(25)17-13-19(20-10-5-11-26-20)22-18-9-3-2-8-16(17)18/h2-3,5,8-11,13-14H,4,6-7,12H2,1H3,(H,24,25)/b23-15+/t14-/m0/s1. The third kappa shape index (κ3) is 3.38. The summed E-state index contributed by atoms with van der Waals surface area (Å²) in [7, 11) is 0. The Morgan fingerprint density at radius 2 is 2.15 bits per heavy atom. The zero-order valence-corrected chi connectivity index (χ0v) is 14.7. The summed E-state index contributed by atoms with van der Waals surface area (Å²) >= 11 is 0. The first-order valence-electron chi connectivity index (χ1n) is 9.00. The molecule has 26 heavy (non-hydrogen) atoms. The Morgan fingerprint density at radius 1 is 1.27 bits per heavy atom. The van der Waals surface area contributed by atoms with Crippen LogP contribution in [0.25, 0.3) is 22.4 Å². The lowest BCUT2D eigenvalue weighted by Gasteiger charge is -2.19. The molecule has 1 aliphatic rings. The molecule has 1 saturated carbocycles. The van der Waals surface area contributed by atoms with Crippen molar-refractivity contribution in [2.45, 2.75) is 32.6 Å². The molecule has 1 aliphatic carbocycles. The van der Waals surface area contributed by atoms with Crippen molar-refractivity contribution in [3.8, 4) is 11.5 Å². The fourth-order valence-corrected chi connectivity index (χ4v) is 3.47. The minimum Gasteiger partial charge on any atom is -0.463 e. The lowest BCUT2D eigenvalue weighted by atomic mass is 9.89. The second kappa shape index (κ2) is 7.12. The third-order valence-electron chi connectivity index (χ3n) is 4.80. The van der Waals surface area contributed by atoms with Crippen molar-refractivity contribution >= 4 is 22.5 Å². The zero-order valence-electron chi connectivity index (χ0n) is 14.7. The van der Waals surface area contributed by atoms with Crippen molar-refractivity contribution in [3.05, 3.63) is 54.3 Å². The maximum Gasteiger partial charge on any atom is 0.272 e. The molecule has 1 fully saturated rings. The lowest BCUT2D eigenvalue weighted by Crippen LogP contribution is -2.22. The van der Waals surface area contributed by atoms with Gasteiger partial charge in [0.1, 0.15) is 5.69 Å². The van der Waals surface area contributed by atoms with E-state index in [1.54, 1.807) is 12.3 Å². The van der Waals surface area contributed by atoms with Gasteiger partial charge in [0.25, 0.3) is 5.91 Å². The molecule has 1 atom stereocenters. The highest BCUT2D eigenvalue weighted by Gasteiger charge is 2.17. The number of aromatic nitrogens is 1. The Kier molecular flexibility index (Phi) is 4.52.